The van der Waals surface area contributed by atoms with E-state index >= 15 is 0 Å². The van der Waals surface area contributed by atoms with Crippen molar-refractivity contribution in [1.82, 2.24) is 0 Å². The zero-order valence-electron chi connectivity index (χ0n) is 8.76. The molecule has 1 aromatic carbocycles. The van der Waals surface area contributed by atoms with Crippen molar-refractivity contribution in [3.63, 3.8) is 0 Å². The maximum atomic E-state index is 2.32. The standard InChI is InChI=1S/C11H16GeP/c1-11(2,12)9-7-5-6-8-10(9)13(3)4/h5-8H,1-4H3. The summed E-state index contributed by atoms with van der Waals surface area (Å²) < 4.78 is 0.281. The fourth-order valence-corrected chi connectivity index (χ4v) is 3.29. The molecule has 0 aliphatic heterocycles. The summed E-state index contributed by atoms with van der Waals surface area (Å²) in [4.78, 5) is 0. The molecule has 1 aromatic rings. The summed E-state index contributed by atoms with van der Waals surface area (Å²) in [5.41, 5.74) is 1.51. The molecule has 69 valence electrons. The van der Waals surface area contributed by atoms with Crippen LogP contribution in [0.1, 0.15) is 19.4 Å². The Morgan fingerprint density at radius 3 is 2.08 bits per heavy atom. The predicted molar refractivity (Wildman–Crippen MR) is 63.6 cm³/mol. The van der Waals surface area contributed by atoms with Gasteiger partial charge in [-0.2, -0.15) is 0 Å². The summed E-state index contributed by atoms with van der Waals surface area (Å²) >= 11 is 2.28. The van der Waals surface area contributed by atoms with Crippen LogP contribution in [0.3, 0.4) is 0 Å². The molecule has 0 spiro atoms. The Hall–Kier alpha value is 0.193. The van der Waals surface area contributed by atoms with E-state index in [0.717, 1.165) is 0 Å². The molecule has 0 atom stereocenters. The summed E-state index contributed by atoms with van der Waals surface area (Å²) in [7, 11) is 0.0194. The predicted octanol–water partition coefficient (Wildman–Crippen LogP) is 2.46. The average Bonchev–Trinajstić information content (AvgIpc) is 2.03. The molecule has 0 nitrogen and oxygen atoms in total. The summed E-state index contributed by atoms with van der Waals surface area (Å²) in [6.07, 6.45) is 0. The molecule has 0 saturated carbocycles. The van der Waals surface area contributed by atoms with Crippen LogP contribution in [0.15, 0.2) is 24.3 Å². The van der Waals surface area contributed by atoms with Crippen LogP contribution in [-0.2, 0) is 4.25 Å². The minimum absolute atomic E-state index is 0.0194. The molecule has 0 aliphatic carbocycles. The van der Waals surface area contributed by atoms with Crippen LogP contribution in [0.5, 0.6) is 0 Å². The third-order valence-corrected chi connectivity index (χ3v) is 3.98. The van der Waals surface area contributed by atoms with Crippen molar-refractivity contribution in [2.75, 3.05) is 13.3 Å². The number of benzene rings is 1. The topological polar surface area (TPSA) is 0 Å². The average molecular weight is 252 g/mol. The van der Waals surface area contributed by atoms with E-state index in [1.807, 2.05) is 0 Å². The van der Waals surface area contributed by atoms with Crippen molar-refractivity contribution in [3.8, 4) is 0 Å². The van der Waals surface area contributed by atoms with Gasteiger partial charge in [-0.3, -0.25) is 0 Å². The summed E-state index contributed by atoms with van der Waals surface area (Å²) in [5, 5.41) is 1.55. The summed E-state index contributed by atoms with van der Waals surface area (Å²) in [6.45, 7) is 9.20. The van der Waals surface area contributed by atoms with Crippen LogP contribution in [0.25, 0.3) is 0 Å². The molecule has 3 radical (unpaired) electrons. The zero-order valence-corrected chi connectivity index (χ0v) is 11.7. The Bertz CT molecular complexity index is 286. The van der Waals surface area contributed by atoms with Gasteiger partial charge in [0.2, 0.25) is 0 Å². The molecule has 0 aromatic heterocycles. The van der Waals surface area contributed by atoms with Crippen LogP contribution in [0.4, 0.5) is 0 Å². The Labute approximate surface area is 91.1 Å². The second-order valence-corrected chi connectivity index (χ2v) is 8.93. The Morgan fingerprint density at radius 2 is 1.69 bits per heavy atom. The summed E-state index contributed by atoms with van der Waals surface area (Å²) in [5.74, 6) is 0. The zero-order chi connectivity index (χ0) is 10.1. The van der Waals surface area contributed by atoms with Crippen molar-refractivity contribution >= 4 is 29.7 Å². The van der Waals surface area contributed by atoms with E-state index in [-0.39, 0.29) is 12.2 Å². The van der Waals surface area contributed by atoms with Crippen molar-refractivity contribution in [2.24, 2.45) is 0 Å². The Kier molecular flexibility index (Phi) is 3.59. The van der Waals surface area contributed by atoms with Gasteiger partial charge in [-0.25, -0.2) is 0 Å². The second kappa shape index (κ2) is 4.15. The second-order valence-electron chi connectivity index (χ2n) is 4.04. The SMILES string of the molecule is CP(C)c1ccccc1[C](C)(C)[Ge]. The molecule has 0 unspecified atom stereocenters. The fourth-order valence-electron chi connectivity index (χ4n) is 1.39. The summed E-state index contributed by atoms with van der Waals surface area (Å²) in [6, 6.07) is 8.82. The van der Waals surface area contributed by atoms with E-state index in [0.29, 0.717) is 0 Å². The van der Waals surface area contributed by atoms with E-state index in [4.69, 9.17) is 0 Å². The Balaban J connectivity index is 3.20. The molecular formula is C11H16GeP. The molecule has 0 heterocycles. The molecule has 13 heavy (non-hydrogen) atoms. The van der Waals surface area contributed by atoms with E-state index in [1.165, 1.54) is 5.56 Å². The normalized spacial score (nSPS) is 12.2. The van der Waals surface area contributed by atoms with Crippen molar-refractivity contribution < 1.29 is 0 Å². The molecule has 0 fully saturated rings. The van der Waals surface area contributed by atoms with Gasteiger partial charge in [0, 0.05) is 0 Å². The molecule has 0 N–H and O–H groups in total. The van der Waals surface area contributed by atoms with Gasteiger partial charge in [0.05, 0.1) is 0 Å². The van der Waals surface area contributed by atoms with Crippen LogP contribution < -0.4 is 5.30 Å². The molecule has 0 saturated heterocycles. The van der Waals surface area contributed by atoms with Crippen LogP contribution >= 0.6 is 7.92 Å². The Morgan fingerprint density at radius 1 is 1.15 bits per heavy atom. The van der Waals surface area contributed by atoms with E-state index in [1.54, 1.807) is 5.30 Å². The maximum absolute atomic E-state index is 2.32. The molecule has 1 rings (SSSR count). The molecule has 0 bridgehead atoms. The van der Waals surface area contributed by atoms with Crippen LogP contribution in [0.2, 0.25) is 0 Å². The van der Waals surface area contributed by atoms with Gasteiger partial charge < -0.3 is 0 Å². The van der Waals surface area contributed by atoms with Gasteiger partial charge >= 0.3 is 91.0 Å². The number of hydrogen-bond donors (Lipinski definition) is 0. The molecule has 2 heteroatoms. The van der Waals surface area contributed by atoms with Gasteiger partial charge in [0.25, 0.3) is 0 Å². The van der Waals surface area contributed by atoms with Gasteiger partial charge in [-0.15, -0.1) is 0 Å². The minimum atomic E-state index is 0.0194. The third-order valence-electron chi connectivity index (χ3n) is 2.06. The first-order valence-corrected chi connectivity index (χ1v) is 7.73. The number of rotatable bonds is 2. The van der Waals surface area contributed by atoms with Crippen molar-refractivity contribution in [1.29, 1.82) is 0 Å². The monoisotopic (exact) mass is 253 g/mol. The van der Waals surface area contributed by atoms with Crippen LogP contribution in [0, 0.1) is 0 Å². The van der Waals surface area contributed by atoms with E-state index in [9.17, 15) is 0 Å². The van der Waals surface area contributed by atoms with Gasteiger partial charge in [-0.05, 0) is 0 Å². The quantitative estimate of drug-likeness (QED) is 0.560. The van der Waals surface area contributed by atoms with Gasteiger partial charge in [0.1, 0.15) is 0 Å². The van der Waals surface area contributed by atoms with Crippen LogP contribution in [-0.4, -0.2) is 29.8 Å². The molecule has 0 aliphatic rings. The van der Waals surface area contributed by atoms with Gasteiger partial charge in [-0.1, -0.05) is 0 Å². The van der Waals surface area contributed by atoms with E-state index < -0.39 is 0 Å². The fraction of sp³-hybridized carbons (Fsp3) is 0.455. The van der Waals surface area contributed by atoms with E-state index in [2.05, 4.69) is 68.0 Å². The molecular weight excluding hydrogens is 236 g/mol. The number of hydrogen-bond acceptors (Lipinski definition) is 0. The van der Waals surface area contributed by atoms with Gasteiger partial charge in [0.15, 0.2) is 0 Å². The first-order valence-electron chi connectivity index (χ1n) is 4.45. The first kappa shape index (κ1) is 11.3. The third kappa shape index (κ3) is 2.82. The first-order chi connectivity index (χ1) is 5.93. The van der Waals surface area contributed by atoms with Crippen molar-refractivity contribution in [3.05, 3.63) is 29.8 Å². The van der Waals surface area contributed by atoms with Crippen molar-refractivity contribution in [2.45, 2.75) is 18.1 Å². The molecule has 0 amide bonds.